The lowest BCUT2D eigenvalue weighted by Gasteiger charge is -2.33. The van der Waals surface area contributed by atoms with E-state index in [2.05, 4.69) is 11.0 Å². The molecule has 0 radical (unpaired) electrons. The van der Waals surface area contributed by atoms with E-state index in [-0.39, 0.29) is 5.63 Å². The summed E-state index contributed by atoms with van der Waals surface area (Å²) >= 11 is 0. The molecule has 0 saturated carbocycles. The lowest BCUT2D eigenvalue weighted by molar-refractivity contribution is 0.558. The molecule has 16 heavy (non-hydrogen) atoms. The van der Waals surface area contributed by atoms with E-state index < -0.39 is 0 Å². The Bertz CT molecular complexity index is 596. The van der Waals surface area contributed by atoms with Crippen molar-refractivity contribution in [3.8, 4) is 0 Å². The number of hydrogen-bond acceptors (Lipinski definition) is 3. The first-order valence-corrected chi connectivity index (χ1v) is 5.53. The summed E-state index contributed by atoms with van der Waals surface area (Å²) in [4.78, 5) is 13.6. The maximum atomic E-state index is 11.3. The second-order valence-corrected chi connectivity index (χ2v) is 4.27. The van der Waals surface area contributed by atoms with Crippen molar-refractivity contribution in [2.24, 2.45) is 0 Å². The fraction of sp³-hybridized carbons (Fsp3) is 0.308. The van der Waals surface area contributed by atoms with Gasteiger partial charge in [0.05, 0.1) is 0 Å². The molecular formula is C13H13NO2. The molecule has 0 spiro atoms. The average molecular weight is 215 g/mol. The second-order valence-electron chi connectivity index (χ2n) is 4.27. The molecule has 0 unspecified atom stereocenters. The Balaban J connectivity index is 2.19. The van der Waals surface area contributed by atoms with Gasteiger partial charge in [-0.1, -0.05) is 0 Å². The zero-order valence-electron chi connectivity index (χ0n) is 9.19. The van der Waals surface area contributed by atoms with Gasteiger partial charge in [-0.05, 0) is 31.0 Å². The quantitative estimate of drug-likeness (QED) is 0.684. The van der Waals surface area contributed by atoms with Crippen LogP contribution in [0.5, 0.6) is 0 Å². The van der Waals surface area contributed by atoms with Crippen molar-refractivity contribution in [1.82, 2.24) is 0 Å². The molecule has 1 aliphatic rings. The highest BCUT2D eigenvalue weighted by Gasteiger charge is 2.15. The molecule has 0 aliphatic carbocycles. The number of aryl methyl sites for hydroxylation is 1. The van der Waals surface area contributed by atoms with Crippen molar-refractivity contribution >= 4 is 16.7 Å². The fourth-order valence-electron chi connectivity index (χ4n) is 2.08. The third kappa shape index (κ3) is 1.40. The van der Waals surface area contributed by atoms with Gasteiger partial charge in [0.15, 0.2) is 0 Å². The average Bonchev–Trinajstić information content (AvgIpc) is 2.13. The lowest BCUT2D eigenvalue weighted by Crippen LogP contribution is -2.36. The molecule has 1 aromatic carbocycles. The van der Waals surface area contributed by atoms with Crippen LogP contribution in [0, 0.1) is 6.92 Å². The van der Waals surface area contributed by atoms with Crippen molar-refractivity contribution in [2.45, 2.75) is 13.3 Å². The number of hydrogen-bond donors (Lipinski definition) is 0. The van der Waals surface area contributed by atoms with Gasteiger partial charge in [-0.2, -0.15) is 0 Å². The maximum absolute atomic E-state index is 11.3. The monoisotopic (exact) mass is 215 g/mol. The Hall–Kier alpha value is -1.77. The summed E-state index contributed by atoms with van der Waals surface area (Å²) in [6.07, 6.45) is 1.25. The first-order valence-electron chi connectivity index (χ1n) is 5.53. The highest BCUT2D eigenvalue weighted by molar-refractivity contribution is 5.83. The van der Waals surface area contributed by atoms with Gasteiger partial charge in [0, 0.05) is 36.3 Å². The van der Waals surface area contributed by atoms with Crippen LogP contribution in [0.4, 0.5) is 5.69 Å². The van der Waals surface area contributed by atoms with Crippen molar-refractivity contribution < 1.29 is 4.42 Å². The van der Waals surface area contributed by atoms with Crippen molar-refractivity contribution in [2.75, 3.05) is 18.0 Å². The number of benzene rings is 1. The smallest absolute Gasteiger partial charge is 0.336 e. The Morgan fingerprint density at radius 1 is 1.25 bits per heavy atom. The van der Waals surface area contributed by atoms with E-state index in [0.29, 0.717) is 5.58 Å². The predicted molar refractivity (Wildman–Crippen MR) is 64.1 cm³/mol. The van der Waals surface area contributed by atoms with Crippen LogP contribution in [0.2, 0.25) is 0 Å². The van der Waals surface area contributed by atoms with Gasteiger partial charge in [0.1, 0.15) is 5.58 Å². The van der Waals surface area contributed by atoms with Gasteiger partial charge in [-0.3, -0.25) is 0 Å². The number of nitrogens with zero attached hydrogens (tertiary/aromatic N) is 1. The molecule has 1 aliphatic heterocycles. The van der Waals surface area contributed by atoms with E-state index >= 15 is 0 Å². The number of anilines is 1. The third-order valence-electron chi connectivity index (χ3n) is 3.16. The lowest BCUT2D eigenvalue weighted by atomic mass is 10.1. The Morgan fingerprint density at radius 2 is 2.06 bits per heavy atom. The number of rotatable bonds is 1. The van der Waals surface area contributed by atoms with Gasteiger partial charge < -0.3 is 9.32 Å². The molecule has 0 amide bonds. The summed E-state index contributed by atoms with van der Waals surface area (Å²) in [7, 11) is 0. The van der Waals surface area contributed by atoms with Gasteiger partial charge in [-0.25, -0.2) is 4.79 Å². The summed E-state index contributed by atoms with van der Waals surface area (Å²) in [6, 6.07) is 7.62. The van der Waals surface area contributed by atoms with Crippen LogP contribution in [0.1, 0.15) is 12.0 Å². The first kappa shape index (κ1) is 9.46. The van der Waals surface area contributed by atoms with Crippen LogP contribution in [-0.2, 0) is 0 Å². The highest BCUT2D eigenvalue weighted by Crippen LogP contribution is 2.26. The van der Waals surface area contributed by atoms with Gasteiger partial charge in [-0.15, -0.1) is 0 Å². The van der Waals surface area contributed by atoms with E-state index in [1.165, 1.54) is 12.5 Å². The summed E-state index contributed by atoms with van der Waals surface area (Å²) < 4.78 is 5.22. The van der Waals surface area contributed by atoms with Crippen LogP contribution < -0.4 is 10.5 Å². The summed E-state index contributed by atoms with van der Waals surface area (Å²) in [5.74, 6) is 0. The molecule has 2 heterocycles. The van der Waals surface area contributed by atoms with Crippen molar-refractivity contribution in [3.05, 3.63) is 40.2 Å². The van der Waals surface area contributed by atoms with Crippen molar-refractivity contribution in [3.63, 3.8) is 0 Å². The predicted octanol–water partition coefficient (Wildman–Crippen LogP) is 2.31. The SMILES string of the molecule is Cc1cc(=O)oc2cc(N3CCC3)ccc12. The molecule has 82 valence electrons. The standard InChI is InChI=1S/C13H13NO2/c1-9-7-13(15)16-12-8-10(3-4-11(9)12)14-5-2-6-14/h3-4,7-8H,2,5-6H2,1H3. The maximum Gasteiger partial charge on any atom is 0.336 e. The van der Waals surface area contributed by atoms with Crippen LogP contribution in [-0.4, -0.2) is 13.1 Å². The van der Waals surface area contributed by atoms with Crippen LogP contribution in [0.3, 0.4) is 0 Å². The van der Waals surface area contributed by atoms with Gasteiger partial charge in [0.2, 0.25) is 0 Å². The van der Waals surface area contributed by atoms with Gasteiger partial charge in [0.25, 0.3) is 0 Å². The first-order chi connectivity index (χ1) is 7.74. The Labute approximate surface area is 93.3 Å². The summed E-state index contributed by atoms with van der Waals surface area (Å²) in [5.41, 5.74) is 2.54. The van der Waals surface area contributed by atoms with E-state index in [0.717, 1.165) is 29.7 Å². The topological polar surface area (TPSA) is 33.5 Å². The molecular weight excluding hydrogens is 202 g/mol. The highest BCUT2D eigenvalue weighted by atomic mass is 16.4. The molecule has 3 nitrogen and oxygen atoms in total. The van der Waals surface area contributed by atoms with Crippen molar-refractivity contribution in [1.29, 1.82) is 0 Å². The zero-order chi connectivity index (χ0) is 11.1. The van der Waals surface area contributed by atoms with Crippen LogP contribution in [0.15, 0.2) is 33.5 Å². The summed E-state index contributed by atoms with van der Waals surface area (Å²) in [5, 5.41) is 1.02. The second kappa shape index (κ2) is 3.37. The fourth-order valence-corrected chi connectivity index (χ4v) is 2.08. The molecule has 3 rings (SSSR count). The van der Waals surface area contributed by atoms with Crippen LogP contribution in [0.25, 0.3) is 11.0 Å². The largest absolute Gasteiger partial charge is 0.423 e. The third-order valence-corrected chi connectivity index (χ3v) is 3.16. The van der Waals surface area contributed by atoms with Gasteiger partial charge >= 0.3 is 5.63 Å². The number of fused-ring (bicyclic) bond motifs is 1. The molecule has 1 aromatic heterocycles. The normalized spacial score (nSPS) is 15.2. The van der Waals surface area contributed by atoms with E-state index in [9.17, 15) is 4.79 Å². The molecule has 0 atom stereocenters. The minimum absolute atomic E-state index is 0.272. The molecule has 3 heteroatoms. The molecule has 2 aromatic rings. The zero-order valence-corrected chi connectivity index (χ0v) is 9.19. The Kier molecular flexibility index (Phi) is 1.99. The summed E-state index contributed by atoms with van der Waals surface area (Å²) in [6.45, 7) is 4.13. The molecule has 1 saturated heterocycles. The minimum Gasteiger partial charge on any atom is -0.423 e. The molecule has 0 bridgehead atoms. The van der Waals surface area contributed by atoms with Crippen LogP contribution >= 0.6 is 0 Å². The molecule has 0 N–H and O–H groups in total. The van der Waals surface area contributed by atoms with E-state index in [1.807, 2.05) is 19.1 Å². The molecule has 1 fully saturated rings. The van der Waals surface area contributed by atoms with E-state index in [1.54, 1.807) is 0 Å². The Morgan fingerprint density at radius 3 is 2.75 bits per heavy atom. The minimum atomic E-state index is -0.272. The van der Waals surface area contributed by atoms with E-state index in [4.69, 9.17) is 4.42 Å².